The molecule has 3 N–H and O–H groups in total. The molecule has 0 bridgehead atoms. The van der Waals surface area contributed by atoms with E-state index in [9.17, 15) is 0 Å². The van der Waals surface area contributed by atoms with E-state index in [1.165, 1.54) is 7.06 Å². The number of amidine groups is 1. The predicted octanol–water partition coefficient (Wildman–Crippen LogP) is -1.83. The van der Waals surface area contributed by atoms with Gasteiger partial charge in [0.25, 0.3) is 0 Å². The van der Waals surface area contributed by atoms with E-state index in [0.29, 0.717) is 21.9 Å². The van der Waals surface area contributed by atoms with Gasteiger partial charge in [0.1, 0.15) is 0 Å². The number of nitrogens with two attached hydrogens (primary N) is 1. The Hall–Kier alpha value is -0.770. The third-order valence-corrected chi connectivity index (χ3v) is 1.53. The van der Waals surface area contributed by atoms with Crippen molar-refractivity contribution in [3.63, 3.8) is 0 Å². The summed E-state index contributed by atoms with van der Waals surface area (Å²) in [6.45, 7) is 3.71. The SMILES string of the molecule is B=C1C(=C)NC(S)=N/C1=B/N. The Labute approximate surface area is 72.2 Å². The molecule has 0 aromatic heterocycles. The third-order valence-electron chi connectivity index (χ3n) is 1.32. The Kier molecular flexibility index (Phi) is 2.34. The van der Waals surface area contributed by atoms with Crippen LogP contribution < -0.4 is 11.0 Å². The second-order valence-electron chi connectivity index (χ2n) is 2.07. The van der Waals surface area contributed by atoms with Crippen LogP contribution in [-0.4, -0.2) is 30.8 Å². The van der Waals surface area contributed by atoms with Crippen LogP contribution in [0.15, 0.2) is 17.3 Å². The summed E-state index contributed by atoms with van der Waals surface area (Å²) >= 11 is 4.02. The maximum absolute atomic E-state index is 5.29. The molecular weight excluding hydrogens is 156 g/mol. The second-order valence-corrected chi connectivity index (χ2v) is 2.49. The number of hydrogen-bond acceptors (Lipinski definition) is 3. The molecule has 0 saturated heterocycles. The summed E-state index contributed by atoms with van der Waals surface area (Å²) in [4.78, 5) is 3.98. The van der Waals surface area contributed by atoms with E-state index in [-0.39, 0.29) is 0 Å². The summed E-state index contributed by atoms with van der Waals surface area (Å²) in [6.07, 6.45) is 0. The molecule has 1 rings (SSSR count). The number of nitrogens with zero attached hydrogens (tertiary/aromatic N) is 1. The molecule has 1 heterocycles. The average molecular weight is 163 g/mol. The molecule has 0 unspecified atom stereocenters. The van der Waals surface area contributed by atoms with Crippen LogP contribution in [0.2, 0.25) is 0 Å². The van der Waals surface area contributed by atoms with Crippen LogP contribution in [0.4, 0.5) is 0 Å². The van der Waals surface area contributed by atoms with Crippen molar-refractivity contribution in [2.24, 2.45) is 10.6 Å². The van der Waals surface area contributed by atoms with E-state index < -0.39 is 0 Å². The van der Waals surface area contributed by atoms with Gasteiger partial charge in [-0.15, -0.1) is 0 Å². The summed E-state index contributed by atoms with van der Waals surface area (Å²) in [5, 5.41) is 3.30. The van der Waals surface area contributed by atoms with Gasteiger partial charge in [-0.2, -0.15) is 0 Å². The van der Waals surface area contributed by atoms with E-state index in [2.05, 4.69) is 37.0 Å². The van der Waals surface area contributed by atoms with Crippen LogP contribution in [0.5, 0.6) is 0 Å². The van der Waals surface area contributed by atoms with Crippen molar-refractivity contribution in [3.05, 3.63) is 12.3 Å². The first-order valence-electron chi connectivity index (χ1n) is 3.00. The van der Waals surface area contributed by atoms with Crippen LogP contribution in [0.1, 0.15) is 0 Å². The Balaban J connectivity index is 3.07. The van der Waals surface area contributed by atoms with Gasteiger partial charge in [0, 0.05) is 0 Å². The molecule has 0 spiro atoms. The molecule has 0 aromatic rings. The fourth-order valence-corrected chi connectivity index (χ4v) is 0.955. The molecule has 54 valence electrons. The standard InChI is InChI=1S/C5H7B2N3S/c1-2-3(6)4(7-8)10-5(11)9-2/h6H,1,8H2,(H2,9,10,11). The molecule has 3 nitrogen and oxygen atoms in total. The predicted molar refractivity (Wildman–Crippen MR) is 55.8 cm³/mol. The molecule has 0 fully saturated rings. The van der Waals surface area contributed by atoms with Gasteiger partial charge in [-0.25, -0.2) is 0 Å². The van der Waals surface area contributed by atoms with E-state index >= 15 is 0 Å². The van der Waals surface area contributed by atoms with Crippen molar-refractivity contribution >= 4 is 43.4 Å². The van der Waals surface area contributed by atoms with Gasteiger partial charge in [0.15, 0.2) is 0 Å². The minimum absolute atomic E-state index is 0.485. The monoisotopic (exact) mass is 163 g/mol. The molecule has 11 heavy (non-hydrogen) atoms. The molecule has 0 aromatic carbocycles. The Morgan fingerprint density at radius 3 is 2.91 bits per heavy atom. The van der Waals surface area contributed by atoms with Crippen molar-refractivity contribution in [2.45, 2.75) is 0 Å². The summed E-state index contributed by atoms with van der Waals surface area (Å²) in [6, 6.07) is 0. The van der Waals surface area contributed by atoms with Gasteiger partial charge in [0.05, 0.1) is 0 Å². The van der Waals surface area contributed by atoms with Crippen LogP contribution in [-0.2, 0) is 0 Å². The van der Waals surface area contributed by atoms with Crippen molar-refractivity contribution in [1.29, 1.82) is 0 Å². The zero-order chi connectivity index (χ0) is 8.43. The second kappa shape index (κ2) is 3.09. The molecule has 0 radical (unpaired) electrons. The quantitative estimate of drug-likeness (QED) is 0.290. The van der Waals surface area contributed by atoms with Crippen molar-refractivity contribution in [3.8, 4) is 0 Å². The first-order chi connectivity index (χ1) is 5.15. The number of thiol groups is 1. The van der Waals surface area contributed by atoms with Crippen LogP contribution >= 0.6 is 12.6 Å². The molecule has 1 aliphatic rings. The molecule has 0 atom stereocenters. The summed E-state index contributed by atoms with van der Waals surface area (Å²) in [5.41, 5.74) is 7.28. The molecule has 0 saturated carbocycles. The number of nitrogens with one attached hydrogen (secondary N) is 1. The first-order valence-corrected chi connectivity index (χ1v) is 3.45. The number of rotatable bonds is 0. The summed E-state index contributed by atoms with van der Waals surface area (Å²) < 4.78 is 0. The zero-order valence-corrected chi connectivity index (χ0v) is 6.86. The first kappa shape index (κ1) is 8.33. The van der Waals surface area contributed by atoms with Crippen LogP contribution in [0, 0.1) is 0 Å². The average Bonchev–Trinajstić information content (AvgIpc) is 1.96. The van der Waals surface area contributed by atoms with Crippen molar-refractivity contribution in [1.82, 2.24) is 5.32 Å². The fourth-order valence-electron chi connectivity index (χ4n) is 0.712. The third kappa shape index (κ3) is 1.63. The molecule has 0 aliphatic carbocycles. The minimum atomic E-state index is 0.485. The Bertz CT molecular complexity index is 281. The summed E-state index contributed by atoms with van der Waals surface area (Å²) in [7, 11) is 5.11. The van der Waals surface area contributed by atoms with Crippen LogP contribution in [0.25, 0.3) is 0 Å². The number of aliphatic imine (C=N–C) groups is 1. The molecule has 0 amide bonds. The van der Waals surface area contributed by atoms with Crippen LogP contribution in [0.3, 0.4) is 0 Å². The van der Waals surface area contributed by atoms with E-state index in [1.54, 1.807) is 0 Å². The zero-order valence-electron chi connectivity index (χ0n) is 5.96. The maximum atomic E-state index is 5.29. The molecular formula is C5H7B2N3S. The van der Waals surface area contributed by atoms with Crippen molar-refractivity contribution in [2.75, 3.05) is 0 Å². The van der Waals surface area contributed by atoms with E-state index in [1.807, 2.05) is 0 Å². The Morgan fingerprint density at radius 2 is 2.36 bits per heavy atom. The van der Waals surface area contributed by atoms with Gasteiger partial charge in [-0.05, 0) is 0 Å². The van der Waals surface area contributed by atoms with Gasteiger partial charge < -0.3 is 0 Å². The Morgan fingerprint density at radius 1 is 1.73 bits per heavy atom. The van der Waals surface area contributed by atoms with E-state index in [4.69, 9.17) is 5.64 Å². The number of hydrogen-bond donors (Lipinski definition) is 3. The summed E-state index contributed by atoms with van der Waals surface area (Å²) in [5.74, 6) is 0. The van der Waals surface area contributed by atoms with Crippen molar-refractivity contribution < 1.29 is 0 Å². The molecule has 1 aliphatic heterocycles. The fraction of sp³-hybridized carbons (Fsp3) is 0. The van der Waals surface area contributed by atoms with Gasteiger partial charge in [-0.1, -0.05) is 0 Å². The van der Waals surface area contributed by atoms with Gasteiger partial charge >= 0.3 is 71.6 Å². The molecule has 6 heteroatoms. The van der Waals surface area contributed by atoms with E-state index in [0.717, 1.165) is 0 Å². The van der Waals surface area contributed by atoms with Gasteiger partial charge in [0.2, 0.25) is 0 Å². The normalized spacial score (nSPS) is 20.7. The topological polar surface area (TPSA) is 50.4 Å². The van der Waals surface area contributed by atoms with Gasteiger partial charge in [-0.3, -0.25) is 0 Å².